The Bertz CT molecular complexity index is 1440. The fourth-order valence-electron chi connectivity index (χ4n) is 5.78. The van der Waals surface area contributed by atoms with E-state index in [2.05, 4.69) is 10.4 Å². The Morgan fingerprint density at radius 2 is 2.00 bits per heavy atom. The van der Waals surface area contributed by atoms with Gasteiger partial charge in [0.2, 0.25) is 5.91 Å². The number of primary amides is 1. The minimum absolute atomic E-state index is 0.00229. The predicted octanol–water partition coefficient (Wildman–Crippen LogP) is 3.03. The Morgan fingerprint density at radius 1 is 1.22 bits per heavy atom. The van der Waals surface area contributed by atoms with E-state index >= 15 is 0 Å². The molecule has 2 aromatic heterocycles. The number of nitrogens with zero attached hydrogens (tertiary/aromatic N) is 2. The second kappa shape index (κ2) is 11.5. The number of carbonyl (C=O) groups is 2. The third kappa shape index (κ3) is 6.89. The van der Waals surface area contributed by atoms with Crippen LogP contribution in [-0.4, -0.2) is 62.6 Å². The third-order valence-electron chi connectivity index (χ3n) is 7.73. The van der Waals surface area contributed by atoms with Crippen molar-refractivity contribution in [2.45, 2.75) is 70.1 Å². The van der Waals surface area contributed by atoms with E-state index in [-0.39, 0.29) is 43.1 Å². The van der Waals surface area contributed by atoms with Crippen molar-refractivity contribution in [1.29, 1.82) is 0 Å². The summed E-state index contributed by atoms with van der Waals surface area (Å²) in [6, 6.07) is 9.11. The number of amides is 2. The summed E-state index contributed by atoms with van der Waals surface area (Å²) in [6.45, 7) is 3.60. The molecule has 0 saturated heterocycles. The number of aromatic nitrogens is 2. The first-order valence-electron chi connectivity index (χ1n) is 14.0. The monoisotopic (exact) mass is 562 g/mol. The van der Waals surface area contributed by atoms with Crippen molar-refractivity contribution in [2.24, 2.45) is 11.1 Å². The van der Waals surface area contributed by atoms with E-state index in [1.54, 1.807) is 42.9 Å². The maximum Gasteiger partial charge on any atom is 0.252 e. The molecule has 1 spiro atoms. The molecule has 41 heavy (non-hydrogen) atoms. The second-order valence-corrected chi connectivity index (χ2v) is 12.0. The van der Waals surface area contributed by atoms with Crippen LogP contribution in [-0.2, 0) is 11.2 Å². The summed E-state index contributed by atoms with van der Waals surface area (Å²) in [4.78, 5) is 24.7. The van der Waals surface area contributed by atoms with Gasteiger partial charge in [-0.3, -0.25) is 9.59 Å². The summed E-state index contributed by atoms with van der Waals surface area (Å²) < 4.78 is 13.5. The van der Waals surface area contributed by atoms with Crippen LogP contribution in [0.1, 0.15) is 67.4 Å². The Hall–Kier alpha value is -3.89. The normalized spacial score (nSPS) is 22.0. The lowest BCUT2D eigenvalue weighted by Crippen LogP contribution is -2.59. The van der Waals surface area contributed by atoms with Gasteiger partial charge in [-0.05, 0) is 81.2 Å². The molecular weight excluding hydrogens is 524 g/mol. The minimum Gasteiger partial charge on any atom is -0.490 e. The number of hydrogen-bond donors (Lipinski definition) is 4. The maximum atomic E-state index is 12.8. The van der Waals surface area contributed by atoms with Gasteiger partial charge in [0, 0.05) is 18.2 Å². The van der Waals surface area contributed by atoms with E-state index in [0.717, 1.165) is 42.3 Å². The largest absolute Gasteiger partial charge is 0.490 e. The Morgan fingerprint density at radius 3 is 2.71 bits per heavy atom. The third-order valence-corrected chi connectivity index (χ3v) is 7.73. The first-order valence-corrected chi connectivity index (χ1v) is 14.0. The molecule has 0 aliphatic heterocycles. The molecule has 2 heterocycles. The molecule has 3 aromatic rings. The quantitative estimate of drug-likeness (QED) is 0.265. The number of rotatable bonds is 12. The summed E-state index contributed by atoms with van der Waals surface area (Å²) in [6.07, 6.45) is 11.5. The lowest BCUT2D eigenvalue weighted by molar-refractivity contribution is -0.126. The number of nitrogens with one attached hydrogen (secondary N) is 1. The van der Waals surface area contributed by atoms with Gasteiger partial charge in [-0.1, -0.05) is 18.2 Å². The summed E-state index contributed by atoms with van der Waals surface area (Å²) in [7, 11) is 0. The van der Waals surface area contributed by atoms with Crippen LogP contribution < -0.4 is 20.5 Å². The topological polar surface area (TPSA) is 148 Å². The zero-order valence-electron chi connectivity index (χ0n) is 23.5. The van der Waals surface area contributed by atoms with Crippen LogP contribution in [0.5, 0.6) is 11.5 Å². The number of ether oxygens (including phenoxy) is 2. The summed E-state index contributed by atoms with van der Waals surface area (Å²) in [5.41, 5.74) is 7.69. The van der Waals surface area contributed by atoms with Crippen molar-refractivity contribution in [3.8, 4) is 11.5 Å². The van der Waals surface area contributed by atoms with E-state index < -0.39 is 11.5 Å². The molecule has 2 amide bonds. The standard InChI is InChI=1S/C31H38N4O6/c1-30(2,39)19-40-23-7-9-26-21(17-33-35(26)18-23)12-28(37)34-22-13-31(14-22)15-24(16-31)41-27-11-20(5-3-4-10-36)6-8-25(27)29(32)38/h3,5-9,11,17-18,22,24,36,39H,4,10,12-16,19H2,1-2H3,(H2,32,38)(H,34,37)/b5-3+. The van der Waals surface area contributed by atoms with Crippen molar-refractivity contribution in [2.75, 3.05) is 13.2 Å². The first-order chi connectivity index (χ1) is 19.5. The molecule has 5 N–H and O–H groups in total. The molecule has 0 atom stereocenters. The lowest BCUT2D eigenvalue weighted by atomic mass is 9.53. The van der Waals surface area contributed by atoms with Gasteiger partial charge in [-0.15, -0.1) is 0 Å². The SMILES string of the molecule is CC(C)(O)COc1ccc2c(CC(=O)NC3CC4(C3)CC(Oc3cc(/C=C/CCO)ccc3C(N)=O)C4)cnn2c1. The van der Waals surface area contributed by atoms with Crippen molar-refractivity contribution in [1.82, 2.24) is 14.9 Å². The molecule has 0 bridgehead atoms. The van der Waals surface area contributed by atoms with E-state index in [1.807, 2.05) is 30.4 Å². The fraction of sp³-hybridized carbons (Fsp3) is 0.452. The van der Waals surface area contributed by atoms with Crippen molar-refractivity contribution < 1.29 is 29.3 Å². The van der Waals surface area contributed by atoms with Crippen LogP contribution >= 0.6 is 0 Å². The van der Waals surface area contributed by atoms with E-state index in [9.17, 15) is 14.7 Å². The number of fused-ring (bicyclic) bond motifs is 1. The van der Waals surface area contributed by atoms with E-state index in [4.69, 9.17) is 20.3 Å². The molecule has 218 valence electrons. The molecule has 1 aromatic carbocycles. The van der Waals surface area contributed by atoms with Crippen molar-refractivity contribution in [3.63, 3.8) is 0 Å². The Kier molecular flexibility index (Phi) is 8.06. The molecule has 10 heteroatoms. The highest BCUT2D eigenvalue weighted by molar-refractivity contribution is 5.96. The van der Waals surface area contributed by atoms with E-state index in [0.29, 0.717) is 23.5 Å². The number of hydrogen-bond acceptors (Lipinski definition) is 7. The molecule has 2 aliphatic rings. The molecular formula is C31H38N4O6. The minimum atomic E-state index is -0.935. The number of aliphatic hydroxyl groups is 2. The summed E-state index contributed by atoms with van der Waals surface area (Å²) in [5.74, 6) is 0.509. The van der Waals surface area contributed by atoms with Gasteiger partial charge in [0.25, 0.3) is 5.91 Å². The predicted molar refractivity (Wildman–Crippen MR) is 154 cm³/mol. The smallest absolute Gasteiger partial charge is 0.252 e. The van der Waals surface area contributed by atoms with Gasteiger partial charge in [-0.2, -0.15) is 5.10 Å². The zero-order valence-corrected chi connectivity index (χ0v) is 23.5. The van der Waals surface area contributed by atoms with Gasteiger partial charge in [0.1, 0.15) is 18.1 Å². The Balaban J connectivity index is 1.10. The van der Waals surface area contributed by atoms with Gasteiger partial charge in [0.15, 0.2) is 0 Å². The first kappa shape index (κ1) is 28.6. The summed E-state index contributed by atoms with van der Waals surface area (Å²) >= 11 is 0. The number of aliphatic hydroxyl groups excluding tert-OH is 1. The van der Waals surface area contributed by atoms with Crippen LogP contribution in [0.2, 0.25) is 0 Å². The highest BCUT2D eigenvalue weighted by Crippen LogP contribution is 2.57. The molecule has 5 rings (SSSR count). The van der Waals surface area contributed by atoms with Crippen LogP contribution in [0, 0.1) is 5.41 Å². The molecule has 2 saturated carbocycles. The zero-order chi connectivity index (χ0) is 29.2. The molecule has 0 unspecified atom stereocenters. The second-order valence-electron chi connectivity index (χ2n) is 12.0. The molecule has 10 nitrogen and oxygen atoms in total. The maximum absolute atomic E-state index is 12.8. The molecule has 2 fully saturated rings. The number of carbonyl (C=O) groups excluding carboxylic acids is 2. The average molecular weight is 563 g/mol. The lowest BCUT2D eigenvalue weighted by Gasteiger charge is -2.57. The van der Waals surface area contributed by atoms with Crippen LogP contribution in [0.15, 0.2) is 48.8 Å². The fourth-order valence-corrected chi connectivity index (χ4v) is 5.78. The van der Waals surface area contributed by atoms with E-state index in [1.165, 1.54) is 0 Å². The van der Waals surface area contributed by atoms with Gasteiger partial charge >= 0.3 is 0 Å². The van der Waals surface area contributed by atoms with Crippen molar-refractivity contribution >= 4 is 23.4 Å². The van der Waals surface area contributed by atoms with Crippen LogP contribution in [0.25, 0.3) is 11.6 Å². The Labute approximate surface area is 239 Å². The van der Waals surface area contributed by atoms with Gasteiger partial charge in [-0.25, -0.2) is 4.52 Å². The summed E-state index contributed by atoms with van der Waals surface area (Å²) in [5, 5.41) is 26.4. The average Bonchev–Trinajstić information content (AvgIpc) is 3.26. The number of pyridine rings is 1. The van der Waals surface area contributed by atoms with Crippen LogP contribution in [0.3, 0.4) is 0 Å². The highest BCUT2D eigenvalue weighted by Gasteiger charge is 2.54. The molecule has 0 radical (unpaired) electrons. The highest BCUT2D eigenvalue weighted by atomic mass is 16.5. The van der Waals surface area contributed by atoms with Gasteiger partial charge in [0.05, 0.1) is 41.6 Å². The number of benzene rings is 1. The van der Waals surface area contributed by atoms with Crippen molar-refractivity contribution in [3.05, 3.63) is 65.5 Å². The van der Waals surface area contributed by atoms with Crippen LogP contribution in [0.4, 0.5) is 0 Å². The number of nitrogens with two attached hydrogens (primary N) is 1. The molecule has 2 aliphatic carbocycles. The van der Waals surface area contributed by atoms with Gasteiger partial charge < -0.3 is 30.7 Å².